The van der Waals surface area contributed by atoms with Gasteiger partial charge in [0.1, 0.15) is 0 Å². The number of nitrogens with zero attached hydrogens (tertiary/aromatic N) is 2. The van der Waals surface area contributed by atoms with Crippen LogP contribution in [0.25, 0.3) is 0 Å². The third-order valence-electron chi connectivity index (χ3n) is 5.82. The van der Waals surface area contributed by atoms with Crippen LogP contribution in [-0.2, 0) is 22.6 Å². The SMILES string of the molecule is CC1C(NC(=O)C2CCCc3cccnc32)CC(=O)N1Cc1ccccc1. The molecule has 5 nitrogen and oxygen atoms in total. The van der Waals surface area contributed by atoms with Crippen LogP contribution in [0, 0.1) is 0 Å². The first-order valence-corrected chi connectivity index (χ1v) is 9.71. The zero-order valence-electron chi connectivity index (χ0n) is 15.6. The third-order valence-corrected chi connectivity index (χ3v) is 5.82. The Bertz CT molecular complexity index is 836. The van der Waals surface area contributed by atoms with E-state index in [9.17, 15) is 9.59 Å². The van der Waals surface area contributed by atoms with Crippen molar-refractivity contribution >= 4 is 11.8 Å². The molecular formula is C22H25N3O2. The molecule has 2 amide bonds. The van der Waals surface area contributed by atoms with Crippen molar-refractivity contribution in [2.45, 2.75) is 57.2 Å². The van der Waals surface area contributed by atoms with Gasteiger partial charge in [-0.2, -0.15) is 0 Å². The molecular weight excluding hydrogens is 338 g/mol. The normalized spacial score (nSPS) is 24.6. The molecule has 0 bridgehead atoms. The molecule has 4 rings (SSSR count). The fourth-order valence-corrected chi connectivity index (χ4v) is 4.25. The summed E-state index contributed by atoms with van der Waals surface area (Å²) in [5, 5.41) is 3.14. The minimum atomic E-state index is -0.208. The first-order chi connectivity index (χ1) is 13.1. The highest BCUT2D eigenvalue weighted by atomic mass is 16.2. The average molecular weight is 363 g/mol. The van der Waals surface area contributed by atoms with Crippen molar-refractivity contribution in [1.29, 1.82) is 0 Å². The summed E-state index contributed by atoms with van der Waals surface area (Å²) >= 11 is 0. The van der Waals surface area contributed by atoms with Gasteiger partial charge in [-0.3, -0.25) is 14.6 Å². The van der Waals surface area contributed by atoms with E-state index in [0.29, 0.717) is 13.0 Å². The highest BCUT2D eigenvalue weighted by molar-refractivity contribution is 5.86. The number of benzene rings is 1. The first-order valence-electron chi connectivity index (χ1n) is 9.71. The molecule has 2 aromatic rings. The number of carbonyl (C=O) groups is 2. The van der Waals surface area contributed by atoms with Crippen LogP contribution in [0.4, 0.5) is 0 Å². The fourth-order valence-electron chi connectivity index (χ4n) is 4.25. The Morgan fingerprint density at radius 3 is 2.85 bits per heavy atom. The van der Waals surface area contributed by atoms with Gasteiger partial charge in [0.2, 0.25) is 11.8 Å². The number of pyridine rings is 1. The van der Waals surface area contributed by atoms with E-state index in [0.717, 1.165) is 30.5 Å². The zero-order chi connectivity index (χ0) is 18.8. The Hall–Kier alpha value is -2.69. The Labute approximate surface area is 159 Å². The molecule has 1 saturated heterocycles. The molecule has 1 aromatic heterocycles. The molecule has 2 aliphatic rings. The molecule has 0 radical (unpaired) electrons. The lowest BCUT2D eigenvalue weighted by Crippen LogP contribution is -2.45. The maximum atomic E-state index is 13.0. The molecule has 27 heavy (non-hydrogen) atoms. The number of carbonyl (C=O) groups excluding carboxylic acids is 2. The van der Waals surface area contributed by atoms with Crippen molar-refractivity contribution in [3.63, 3.8) is 0 Å². The Kier molecular flexibility index (Phi) is 4.92. The van der Waals surface area contributed by atoms with Crippen molar-refractivity contribution in [3.8, 4) is 0 Å². The van der Waals surface area contributed by atoms with E-state index >= 15 is 0 Å². The molecule has 5 heteroatoms. The van der Waals surface area contributed by atoms with Gasteiger partial charge in [0.05, 0.1) is 17.7 Å². The van der Waals surface area contributed by atoms with Crippen molar-refractivity contribution < 1.29 is 9.59 Å². The van der Waals surface area contributed by atoms with Crippen LogP contribution < -0.4 is 5.32 Å². The van der Waals surface area contributed by atoms with E-state index < -0.39 is 0 Å². The Balaban J connectivity index is 1.44. The molecule has 3 unspecified atom stereocenters. The summed E-state index contributed by atoms with van der Waals surface area (Å²) < 4.78 is 0. The number of hydrogen-bond acceptors (Lipinski definition) is 3. The summed E-state index contributed by atoms with van der Waals surface area (Å²) in [5.41, 5.74) is 3.18. The molecule has 2 heterocycles. The number of rotatable bonds is 4. The highest BCUT2D eigenvalue weighted by Gasteiger charge is 2.39. The van der Waals surface area contributed by atoms with Gasteiger partial charge in [-0.25, -0.2) is 0 Å². The van der Waals surface area contributed by atoms with Gasteiger partial charge < -0.3 is 10.2 Å². The second kappa shape index (κ2) is 7.51. The third kappa shape index (κ3) is 3.59. The van der Waals surface area contributed by atoms with Crippen LogP contribution >= 0.6 is 0 Å². The molecule has 1 fully saturated rings. The zero-order valence-corrected chi connectivity index (χ0v) is 15.6. The number of nitrogens with one attached hydrogen (secondary N) is 1. The van der Waals surface area contributed by atoms with Crippen molar-refractivity contribution in [2.75, 3.05) is 0 Å². The molecule has 0 saturated carbocycles. The highest BCUT2D eigenvalue weighted by Crippen LogP contribution is 2.31. The van der Waals surface area contributed by atoms with Crippen LogP contribution in [0.2, 0.25) is 0 Å². The van der Waals surface area contributed by atoms with Gasteiger partial charge in [-0.15, -0.1) is 0 Å². The largest absolute Gasteiger partial charge is 0.350 e. The number of amides is 2. The number of fused-ring (bicyclic) bond motifs is 1. The Morgan fingerprint density at radius 2 is 2.04 bits per heavy atom. The van der Waals surface area contributed by atoms with Crippen molar-refractivity contribution in [1.82, 2.24) is 15.2 Å². The minimum Gasteiger partial charge on any atom is -0.350 e. The summed E-state index contributed by atoms with van der Waals surface area (Å²) in [5.74, 6) is -0.111. The van der Waals surface area contributed by atoms with Gasteiger partial charge in [-0.05, 0) is 43.4 Å². The van der Waals surface area contributed by atoms with Crippen LogP contribution in [0.15, 0.2) is 48.7 Å². The van der Waals surface area contributed by atoms with E-state index in [2.05, 4.69) is 16.4 Å². The molecule has 140 valence electrons. The van der Waals surface area contributed by atoms with Gasteiger partial charge in [0, 0.05) is 25.2 Å². The van der Waals surface area contributed by atoms with Gasteiger partial charge in [0.25, 0.3) is 0 Å². The van der Waals surface area contributed by atoms with E-state index in [-0.39, 0.29) is 29.8 Å². The predicted octanol–water partition coefficient (Wildman–Crippen LogP) is 2.81. The van der Waals surface area contributed by atoms with E-state index in [1.807, 2.05) is 48.2 Å². The summed E-state index contributed by atoms with van der Waals surface area (Å²) in [7, 11) is 0. The minimum absolute atomic E-state index is 0.000797. The summed E-state index contributed by atoms with van der Waals surface area (Å²) in [6.45, 7) is 2.60. The molecule has 0 spiro atoms. The first kappa shape index (κ1) is 17.7. The summed E-state index contributed by atoms with van der Waals surface area (Å²) in [6.07, 6.45) is 4.92. The van der Waals surface area contributed by atoms with Gasteiger partial charge in [0.15, 0.2) is 0 Å². The van der Waals surface area contributed by atoms with Gasteiger partial charge in [-0.1, -0.05) is 36.4 Å². The smallest absolute Gasteiger partial charge is 0.229 e. The lowest BCUT2D eigenvalue weighted by Gasteiger charge is -2.28. The number of hydrogen-bond donors (Lipinski definition) is 1. The molecule has 1 aliphatic carbocycles. The van der Waals surface area contributed by atoms with Gasteiger partial charge >= 0.3 is 0 Å². The van der Waals surface area contributed by atoms with E-state index in [4.69, 9.17) is 0 Å². The monoisotopic (exact) mass is 363 g/mol. The fraction of sp³-hybridized carbons (Fsp3) is 0.409. The average Bonchev–Trinajstić information content (AvgIpc) is 2.95. The maximum absolute atomic E-state index is 13.0. The second-order valence-electron chi connectivity index (χ2n) is 7.56. The lowest BCUT2D eigenvalue weighted by molar-refractivity contribution is -0.129. The maximum Gasteiger partial charge on any atom is 0.229 e. The number of likely N-dealkylation sites (tertiary alicyclic amines) is 1. The predicted molar refractivity (Wildman–Crippen MR) is 103 cm³/mol. The Morgan fingerprint density at radius 1 is 1.22 bits per heavy atom. The van der Waals surface area contributed by atoms with Crippen LogP contribution in [0.5, 0.6) is 0 Å². The topological polar surface area (TPSA) is 62.3 Å². The van der Waals surface area contributed by atoms with Crippen molar-refractivity contribution in [2.24, 2.45) is 0 Å². The van der Waals surface area contributed by atoms with Crippen LogP contribution in [-0.4, -0.2) is 33.8 Å². The standard InChI is InChI=1S/C22H25N3O2/c1-15-19(13-20(26)25(15)14-16-7-3-2-4-8-16)24-22(27)18-11-5-9-17-10-6-12-23-21(17)18/h2-4,6-8,10,12,15,18-19H,5,9,11,13-14H2,1H3,(H,24,27). The van der Waals surface area contributed by atoms with Crippen molar-refractivity contribution in [3.05, 3.63) is 65.5 Å². The molecule has 1 aliphatic heterocycles. The number of aromatic nitrogens is 1. The quantitative estimate of drug-likeness (QED) is 0.909. The summed E-state index contributed by atoms with van der Waals surface area (Å²) in [4.78, 5) is 31.8. The lowest BCUT2D eigenvalue weighted by atomic mass is 9.86. The van der Waals surface area contributed by atoms with E-state index in [1.54, 1.807) is 6.20 Å². The molecule has 1 aromatic carbocycles. The molecule has 1 N–H and O–H groups in total. The van der Waals surface area contributed by atoms with E-state index in [1.165, 1.54) is 5.56 Å². The second-order valence-corrected chi connectivity index (χ2v) is 7.56. The molecule has 3 atom stereocenters. The van der Waals surface area contributed by atoms with Crippen LogP contribution in [0.3, 0.4) is 0 Å². The van der Waals surface area contributed by atoms with Crippen LogP contribution in [0.1, 0.15) is 48.9 Å². The number of aryl methyl sites for hydroxylation is 1. The summed E-state index contributed by atoms with van der Waals surface area (Å²) in [6, 6.07) is 13.8.